The highest BCUT2D eigenvalue weighted by molar-refractivity contribution is 9.11. The lowest BCUT2D eigenvalue weighted by molar-refractivity contribution is -0.143. The molecule has 0 atom stereocenters. The maximum absolute atomic E-state index is 11.8. The van der Waals surface area contributed by atoms with E-state index in [-0.39, 0.29) is 11.5 Å². The Morgan fingerprint density at radius 1 is 0.331 bits per heavy atom. The summed E-state index contributed by atoms with van der Waals surface area (Å²) in [4.78, 5) is 68.5. The van der Waals surface area contributed by atoms with Crippen LogP contribution in [0.5, 0.6) is 0 Å². The van der Waals surface area contributed by atoms with Gasteiger partial charge in [-0.05, 0) is 388 Å². The number of carbonyl (C=O) groups is 6. The number of rotatable bonds is 27. The van der Waals surface area contributed by atoms with Crippen molar-refractivity contribution in [2.45, 2.75) is 251 Å². The molecular weight excluding hydrogens is 2320 g/mol. The van der Waals surface area contributed by atoms with E-state index >= 15 is 0 Å². The van der Waals surface area contributed by atoms with Gasteiger partial charge in [-0.2, -0.15) is 0 Å². The first kappa shape index (κ1) is 107. The van der Waals surface area contributed by atoms with Gasteiger partial charge in [0, 0.05) is 21.5 Å². The van der Waals surface area contributed by atoms with Crippen molar-refractivity contribution >= 4 is 229 Å². The molecule has 766 valence electrons. The molecule has 0 saturated heterocycles. The second-order valence-corrected chi connectivity index (χ2v) is 49.1. The molecule has 7 aliphatic carbocycles. The van der Waals surface area contributed by atoms with Crippen molar-refractivity contribution in [3.05, 3.63) is 255 Å². The Morgan fingerprint density at radius 3 is 1.00 bits per heavy atom. The highest BCUT2D eigenvalue weighted by Crippen LogP contribution is 2.54. The van der Waals surface area contributed by atoms with Gasteiger partial charge in [0.1, 0.15) is 24.8 Å². The van der Waals surface area contributed by atoms with Gasteiger partial charge in [0.15, 0.2) is 30.9 Å². The van der Waals surface area contributed by atoms with Crippen molar-refractivity contribution < 1.29 is 59.4 Å². The van der Waals surface area contributed by atoms with Gasteiger partial charge in [0.05, 0.1) is 45.6 Å². The topological polar surface area (TPSA) is 408 Å². The molecule has 30 nitrogen and oxygen atoms in total. The molecule has 0 radical (unpaired) electrons. The SMILES string of the molecule is CCc1ccc(-n2c(Br)nnc2SC(C)(C)C(=O)O)c2ccccc12.Cc1ccc(-n2c(Br)nnc2SC2(C(=O)O)CCC2)c2c1CCCC2.Cc1ccc(-n2c(Br)nnc2SC2(C(=O)O)CCC2)c2ccccc12.Cc1ccc(-n2c(Br)nnc2SCC(=O)O)c2c1CCCC2.Cc1nnc(SCC(=O)O)n1-c1ccc(C2CC2)c2ccccc12.O=C(O)C1(Sc2nnc(Br)n2-c2ccc(C3CC3)c3ccccc23)CCC1. The largest absolute Gasteiger partial charge is 0.481 e. The fraction of sp³-hybridized carbons (Fsp3) is 0.346. The minimum absolute atomic E-state index is 0.0286. The number of aryl methyl sites for hydroxylation is 5. The summed E-state index contributed by atoms with van der Waals surface area (Å²) >= 11 is 24.9. The van der Waals surface area contributed by atoms with E-state index < -0.39 is 54.8 Å². The van der Waals surface area contributed by atoms with Crippen LogP contribution in [0, 0.1) is 27.7 Å². The summed E-state index contributed by atoms with van der Waals surface area (Å²) < 4.78 is 11.2. The van der Waals surface area contributed by atoms with E-state index in [2.05, 4.69) is 290 Å². The van der Waals surface area contributed by atoms with E-state index in [4.69, 9.17) is 10.2 Å². The number of carboxylic acid groups (broad SMARTS) is 6. The first-order chi connectivity index (χ1) is 71.2. The Morgan fingerprint density at radius 2 is 0.628 bits per heavy atom. The zero-order chi connectivity index (χ0) is 104. The monoisotopic (exact) mass is 2420 g/mol. The highest BCUT2D eigenvalue weighted by atomic mass is 79.9. The van der Waals surface area contributed by atoms with Gasteiger partial charge in [-0.3, -0.25) is 56.2 Å². The van der Waals surface area contributed by atoms with Gasteiger partial charge in [0.25, 0.3) is 0 Å². The third-order valence-corrected chi connectivity index (χ3v) is 37.9. The minimum Gasteiger partial charge on any atom is -0.481 e. The normalized spacial score (nSPS) is 15.5. The zero-order valence-electron chi connectivity index (χ0n) is 81.8. The average Bonchev–Trinajstić information content (AvgIpc) is 1.66. The van der Waals surface area contributed by atoms with Gasteiger partial charge in [-0.25, -0.2) is 0 Å². The maximum Gasteiger partial charge on any atom is 0.320 e. The fourth-order valence-electron chi connectivity index (χ4n) is 19.4. The molecule has 0 unspecified atom stereocenters. The van der Waals surface area contributed by atoms with Crippen molar-refractivity contribution in [1.29, 1.82) is 0 Å². The average molecular weight is 2430 g/mol. The molecule has 148 heavy (non-hydrogen) atoms. The van der Waals surface area contributed by atoms with E-state index in [1.165, 1.54) is 194 Å². The van der Waals surface area contributed by atoms with Crippen LogP contribution in [-0.2, 0) is 60.9 Å². The van der Waals surface area contributed by atoms with Crippen molar-refractivity contribution in [1.82, 2.24) is 88.6 Å². The van der Waals surface area contributed by atoms with Crippen LogP contribution < -0.4 is 0 Å². The standard InChI is InChI=1S/C20H18BrN3O2S.C18H20BrN3O2S.C18H16BrN3O2S.C18H18BrN3O2S.C18H17N3O2S.C15H16BrN3O2S/c21-18-22-23-19(27-20(17(25)26)10-3-11-20)24(18)16-9-8-13(12-6-7-12)14-4-1-2-5-15(14)16;2*1-11-7-8-14(13-6-3-2-5-12(11)13)22-16(19)20-21-17(22)25-18(15(23)24)9-4-10-18;1-4-11-9-10-14(13-8-6-5-7-12(11)13)22-16(19)20-21-17(22)25-18(2,3)15(23)24;1-11-19-20-18(24-10-17(22)23)21(11)16-9-8-13(12-6-7-12)14-4-2-3-5-15(14)16;1-9-6-7-12(11-5-3-2-4-10(9)11)19-14(16)17-18-15(19)22-8-13(20)21/h1-2,4-5,8-9,12H,3,6-7,10-11H2,(H,25,26);7-8H,2-6,9-10H2,1H3,(H,23,24);2-3,5-8H,4,9-10H2,1H3,(H,23,24);5-10H,4H2,1-3H3,(H,23,24);2-5,8-9,12H,6-7,10H2,1H3,(H,22,23);6-7H,2-5,8H2,1H3,(H,20,21). The van der Waals surface area contributed by atoms with Crippen molar-refractivity contribution in [3.8, 4) is 34.1 Å². The Bertz CT molecular complexity index is 7820. The molecular formula is C107H105Br5N18O12S6. The first-order valence-corrected chi connectivity index (χ1v) is 58.0. The molecule has 0 amide bonds. The molecule has 16 aromatic rings. The fourth-order valence-corrected chi connectivity index (χ4v) is 28.3. The zero-order valence-corrected chi connectivity index (χ0v) is 94.6. The van der Waals surface area contributed by atoms with E-state index in [0.29, 0.717) is 105 Å². The molecule has 5 fully saturated rings. The number of aliphatic carboxylic acids is 6. The highest BCUT2D eigenvalue weighted by Gasteiger charge is 2.50. The summed E-state index contributed by atoms with van der Waals surface area (Å²) in [6.07, 6.45) is 21.9. The van der Waals surface area contributed by atoms with Crippen LogP contribution in [0.4, 0.5) is 0 Å². The third kappa shape index (κ3) is 22.5. The molecule has 10 aromatic carbocycles. The number of thioether (sulfide) groups is 6. The summed E-state index contributed by atoms with van der Waals surface area (Å²) in [6, 6.07) is 58.4. The van der Waals surface area contributed by atoms with E-state index in [0.717, 1.165) is 118 Å². The molecule has 6 N–H and O–H groups in total. The Kier molecular flexibility index (Phi) is 33.3. The molecule has 5 saturated carbocycles. The third-order valence-electron chi connectivity index (χ3n) is 28.1. The number of aromatic nitrogens is 18. The summed E-state index contributed by atoms with van der Waals surface area (Å²) in [5.41, 5.74) is 19.4. The number of benzene rings is 10. The summed E-state index contributed by atoms with van der Waals surface area (Å²) in [7, 11) is 0. The van der Waals surface area contributed by atoms with Crippen LogP contribution >= 0.6 is 150 Å². The van der Waals surface area contributed by atoms with Crippen LogP contribution in [0.3, 0.4) is 0 Å². The number of fused-ring (bicyclic) bond motifs is 6. The predicted octanol–water partition coefficient (Wildman–Crippen LogP) is 25.9. The Balaban J connectivity index is 0.000000116. The lowest BCUT2D eigenvalue weighted by Crippen LogP contribution is -2.42. The van der Waals surface area contributed by atoms with Gasteiger partial charge < -0.3 is 30.6 Å². The summed E-state index contributed by atoms with van der Waals surface area (Å²) in [6.45, 7) is 13.7. The Hall–Kier alpha value is -10.6. The molecule has 0 aliphatic heterocycles. The number of carboxylic acids is 6. The van der Waals surface area contributed by atoms with Crippen LogP contribution in [0.2, 0.25) is 0 Å². The molecule has 41 heteroatoms. The lowest BCUT2D eigenvalue weighted by atomic mass is 9.84. The van der Waals surface area contributed by atoms with Crippen LogP contribution in [-0.4, -0.2) is 186 Å². The molecule has 0 bridgehead atoms. The van der Waals surface area contributed by atoms with Crippen molar-refractivity contribution in [3.63, 3.8) is 0 Å². The van der Waals surface area contributed by atoms with Gasteiger partial charge in [-0.1, -0.05) is 211 Å². The van der Waals surface area contributed by atoms with Gasteiger partial charge in [-0.15, -0.1) is 61.2 Å². The van der Waals surface area contributed by atoms with Crippen molar-refractivity contribution in [2.24, 2.45) is 0 Å². The number of halogens is 5. The number of nitrogens with zero attached hydrogens (tertiary/aromatic N) is 18. The smallest absolute Gasteiger partial charge is 0.320 e. The molecule has 6 aromatic heterocycles. The maximum atomic E-state index is 11.8. The van der Waals surface area contributed by atoms with E-state index in [1.807, 2.05) is 82.9 Å². The summed E-state index contributed by atoms with van der Waals surface area (Å²) in [5.74, 6) is -2.87. The van der Waals surface area contributed by atoms with Crippen LogP contribution in [0.1, 0.15) is 203 Å². The molecule has 23 rings (SSSR count). The quantitative estimate of drug-likeness (QED) is 0.0260. The molecule has 6 heterocycles. The van der Waals surface area contributed by atoms with Gasteiger partial charge >= 0.3 is 35.8 Å². The van der Waals surface area contributed by atoms with Crippen LogP contribution in [0.15, 0.2) is 224 Å². The first-order valence-electron chi connectivity index (χ1n) is 48.8. The van der Waals surface area contributed by atoms with Crippen molar-refractivity contribution in [2.75, 3.05) is 11.5 Å². The summed E-state index contributed by atoms with van der Waals surface area (Å²) in [5, 5.41) is 119. The number of hydrogen-bond acceptors (Lipinski definition) is 24. The lowest BCUT2D eigenvalue weighted by Gasteiger charge is -2.36. The molecule has 7 aliphatic rings. The van der Waals surface area contributed by atoms with E-state index in [9.17, 15) is 49.2 Å². The predicted molar refractivity (Wildman–Crippen MR) is 597 cm³/mol. The van der Waals surface area contributed by atoms with E-state index in [1.54, 1.807) is 13.8 Å². The van der Waals surface area contributed by atoms with Gasteiger partial charge in [0.2, 0.25) is 23.7 Å². The van der Waals surface area contributed by atoms with Crippen LogP contribution in [0.25, 0.3) is 77.2 Å². The minimum atomic E-state index is -1.01. The second-order valence-electron chi connectivity index (χ2n) is 38.1. The Labute approximate surface area is 920 Å². The molecule has 0 spiro atoms. The number of hydrogen-bond donors (Lipinski definition) is 6. The second kappa shape index (κ2) is 45.9.